The number of H-pyrrole nitrogens is 1. The van der Waals surface area contributed by atoms with Gasteiger partial charge in [-0.3, -0.25) is 18.8 Å². The standard InChI is InChI=1S/C23H25FN4O3/c1-15-25-13-20-23(31)26-19(14-28(15)20)3-2-4-21(29)27-11-9-17(10-12-27)22(30)16-5-7-18(24)8-6-16/h5-8,13-14,17H,2-4,9-12H2,1H3,(H,26,31). The molecule has 1 aliphatic heterocycles. The molecular weight excluding hydrogens is 399 g/mol. The van der Waals surface area contributed by atoms with Crippen LogP contribution in [0.2, 0.25) is 0 Å². The Balaban J connectivity index is 1.27. The van der Waals surface area contributed by atoms with Gasteiger partial charge in [-0.25, -0.2) is 9.37 Å². The molecule has 8 heteroatoms. The molecule has 7 nitrogen and oxygen atoms in total. The maximum atomic E-state index is 13.1. The number of halogens is 1. The lowest BCUT2D eigenvalue weighted by atomic mass is 9.88. The predicted molar refractivity (Wildman–Crippen MR) is 114 cm³/mol. The largest absolute Gasteiger partial charge is 0.343 e. The Hall–Kier alpha value is -3.29. The second-order valence-corrected chi connectivity index (χ2v) is 8.05. The summed E-state index contributed by atoms with van der Waals surface area (Å²) < 4.78 is 14.8. The van der Waals surface area contributed by atoms with E-state index in [0.29, 0.717) is 56.3 Å². The van der Waals surface area contributed by atoms with Gasteiger partial charge in [-0.15, -0.1) is 0 Å². The minimum absolute atomic E-state index is 0.0150. The lowest BCUT2D eigenvalue weighted by Gasteiger charge is -2.31. The summed E-state index contributed by atoms with van der Waals surface area (Å²) >= 11 is 0. The average molecular weight is 424 g/mol. The van der Waals surface area contributed by atoms with E-state index >= 15 is 0 Å². The van der Waals surface area contributed by atoms with Crippen LogP contribution in [0.3, 0.4) is 0 Å². The molecule has 0 aliphatic carbocycles. The minimum atomic E-state index is -0.360. The highest BCUT2D eigenvalue weighted by atomic mass is 19.1. The van der Waals surface area contributed by atoms with Crippen molar-refractivity contribution in [3.8, 4) is 0 Å². The molecule has 1 aliphatic rings. The third-order valence-corrected chi connectivity index (χ3v) is 5.96. The topological polar surface area (TPSA) is 87.5 Å². The fourth-order valence-corrected chi connectivity index (χ4v) is 4.14. The van der Waals surface area contributed by atoms with Crippen LogP contribution in [-0.4, -0.2) is 44.0 Å². The summed E-state index contributed by atoms with van der Waals surface area (Å²) in [6.07, 6.45) is 6.25. The number of likely N-dealkylation sites (tertiary alicyclic amines) is 1. The number of carbonyl (C=O) groups is 2. The van der Waals surface area contributed by atoms with Crippen molar-refractivity contribution in [2.75, 3.05) is 13.1 Å². The van der Waals surface area contributed by atoms with E-state index in [9.17, 15) is 18.8 Å². The summed E-state index contributed by atoms with van der Waals surface area (Å²) in [6, 6.07) is 5.63. The quantitative estimate of drug-likeness (QED) is 0.617. The van der Waals surface area contributed by atoms with Gasteiger partial charge in [0.25, 0.3) is 5.56 Å². The number of imidazole rings is 1. The highest BCUT2D eigenvalue weighted by Gasteiger charge is 2.27. The molecule has 0 unspecified atom stereocenters. The van der Waals surface area contributed by atoms with Crippen LogP contribution in [0.5, 0.6) is 0 Å². The first-order valence-corrected chi connectivity index (χ1v) is 10.6. The zero-order valence-electron chi connectivity index (χ0n) is 17.4. The number of ketones is 1. The molecular formula is C23H25FN4O3. The Morgan fingerprint density at radius 2 is 1.90 bits per heavy atom. The SMILES string of the molecule is Cc1ncc2c(=O)[nH]c(CCCC(=O)N3CCC(C(=O)c4ccc(F)cc4)CC3)cn12. The third kappa shape index (κ3) is 4.57. The Labute approximate surface area is 178 Å². The minimum Gasteiger partial charge on any atom is -0.343 e. The molecule has 0 bridgehead atoms. The van der Waals surface area contributed by atoms with Crippen LogP contribution in [0.4, 0.5) is 4.39 Å². The molecule has 1 aromatic carbocycles. The summed E-state index contributed by atoms with van der Waals surface area (Å²) in [5.41, 5.74) is 1.62. The lowest BCUT2D eigenvalue weighted by molar-refractivity contribution is -0.132. The fraction of sp³-hybridized carbons (Fsp3) is 0.391. The zero-order chi connectivity index (χ0) is 22.0. The van der Waals surface area contributed by atoms with Crippen LogP contribution in [0, 0.1) is 18.7 Å². The monoisotopic (exact) mass is 424 g/mol. The van der Waals surface area contributed by atoms with Crippen molar-refractivity contribution in [3.05, 3.63) is 69.9 Å². The van der Waals surface area contributed by atoms with Gasteiger partial charge in [-0.2, -0.15) is 0 Å². The number of nitrogens with one attached hydrogen (secondary N) is 1. The first kappa shape index (κ1) is 21.0. The summed E-state index contributed by atoms with van der Waals surface area (Å²) in [5, 5.41) is 0. The number of fused-ring (bicyclic) bond motifs is 1. The average Bonchev–Trinajstić information content (AvgIpc) is 3.15. The molecule has 0 saturated carbocycles. The molecule has 3 heterocycles. The van der Waals surface area contributed by atoms with E-state index in [4.69, 9.17) is 0 Å². The number of amides is 1. The maximum absolute atomic E-state index is 13.1. The van der Waals surface area contributed by atoms with E-state index < -0.39 is 0 Å². The molecule has 31 heavy (non-hydrogen) atoms. The number of benzene rings is 1. The normalized spacial score (nSPS) is 14.8. The van der Waals surface area contributed by atoms with Gasteiger partial charge in [-0.05, 0) is 56.9 Å². The van der Waals surface area contributed by atoms with Crippen LogP contribution in [0.15, 0.2) is 41.5 Å². The molecule has 1 saturated heterocycles. The van der Waals surface area contributed by atoms with Crippen molar-refractivity contribution in [2.45, 2.75) is 39.0 Å². The third-order valence-electron chi connectivity index (χ3n) is 5.96. The molecule has 0 spiro atoms. The van der Waals surface area contributed by atoms with Gasteiger partial charge >= 0.3 is 0 Å². The molecule has 4 rings (SSSR count). The molecule has 0 atom stereocenters. The summed E-state index contributed by atoms with van der Waals surface area (Å²) in [7, 11) is 0. The second kappa shape index (κ2) is 8.83. The number of aromatic amines is 1. The highest BCUT2D eigenvalue weighted by Crippen LogP contribution is 2.23. The van der Waals surface area contributed by atoms with Gasteiger partial charge in [0, 0.05) is 42.9 Å². The summed E-state index contributed by atoms with van der Waals surface area (Å²) in [6.45, 7) is 2.94. The van der Waals surface area contributed by atoms with Crippen LogP contribution >= 0.6 is 0 Å². The predicted octanol–water partition coefficient (Wildman–Crippen LogP) is 2.91. The van der Waals surface area contributed by atoms with Crippen LogP contribution in [-0.2, 0) is 11.2 Å². The van der Waals surface area contributed by atoms with Crippen LogP contribution in [0.25, 0.3) is 5.52 Å². The van der Waals surface area contributed by atoms with Gasteiger partial charge in [0.2, 0.25) is 5.91 Å². The van der Waals surface area contributed by atoms with Crippen LogP contribution in [0.1, 0.15) is 47.6 Å². The van der Waals surface area contributed by atoms with E-state index in [0.717, 1.165) is 11.5 Å². The van der Waals surface area contributed by atoms with Gasteiger partial charge in [0.1, 0.15) is 17.2 Å². The molecule has 2 aromatic heterocycles. The number of rotatable bonds is 6. The number of nitrogens with zero attached hydrogens (tertiary/aromatic N) is 3. The molecule has 162 valence electrons. The summed E-state index contributed by atoms with van der Waals surface area (Å²) in [5.74, 6) is 0.332. The number of hydrogen-bond donors (Lipinski definition) is 1. The van der Waals surface area contributed by atoms with Crippen LogP contribution < -0.4 is 5.56 Å². The number of aryl methyl sites for hydroxylation is 2. The Morgan fingerprint density at radius 1 is 1.19 bits per heavy atom. The molecule has 1 fully saturated rings. The van der Waals surface area contributed by atoms with Gasteiger partial charge < -0.3 is 9.88 Å². The van der Waals surface area contributed by atoms with E-state index in [1.54, 1.807) is 15.5 Å². The first-order chi connectivity index (χ1) is 14.9. The Bertz CT molecular complexity index is 1160. The van der Waals surface area contributed by atoms with Crippen molar-refractivity contribution < 1.29 is 14.0 Å². The van der Waals surface area contributed by atoms with Crippen molar-refractivity contribution in [1.29, 1.82) is 0 Å². The Kier molecular flexibility index (Phi) is 5.97. The maximum Gasteiger partial charge on any atom is 0.274 e. The first-order valence-electron chi connectivity index (χ1n) is 10.6. The zero-order valence-corrected chi connectivity index (χ0v) is 17.4. The van der Waals surface area contributed by atoms with Crippen molar-refractivity contribution >= 4 is 17.2 Å². The van der Waals surface area contributed by atoms with E-state index in [2.05, 4.69) is 9.97 Å². The van der Waals surface area contributed by atoms with E-state index in [1.807, 2.05) is 13.1 Å². The number of aromatic nitrogens is 3. The smallest absolute Gasteiger partial charge is 0.274 e. The fourth-order valence-electron chi connectivity index (χ4n) is 4.14. The van der Waals surface area contributed by atoms with Gasteiger partial charge in [0.15, 0.2) is 5.78 Å². The van der Waals surface area contributed by atoms with Crippen molar-refractivity contribution in [2.24, 2.45) is 5.92 Å². The highest BCUT2D eigenvalue weighted by molar-refractivity contribution is 5.98. The number of Topliss-reactive ketones (excluding diaryl/α,β-unsaturated/α-hetero) is 1. The number of hydrogen-bond acceptors (Lipinski definition) is 4. The molecule has 0 radical (unpaired) electrons. The molecule has 1 N–H and O–H groups in total. The Morgan fingerprint density at radius 3 is 2.61 bits per heavy atom. The second-order valence-electron chi connectivity index (χ2n) is 8.05. The van der Waals surface area contributed by atoms with E-state index in [-0.39, 0.29) is 29.0 Å². The van der Waals surface area contributed by atoms with Crippen molar-refractivity contribution in [3.63, 3.8) is 0 Å². The molecule has 3 aromatic rings. The molecule has 1 amide bonds. The van der Waals surface area contributed by atoms with Gasteiger partial charge in [-0.1, -0.05) is 0 Å². The lowest BCUT2D eigenvalue weighted by Crippen LogP contribution is -2.40. The van der Waals surface area contributed by atoms with Crippen molar-refractivity contribution in [1.82, 2.24) is 19.3 Å². The van der Waals surface area contributed by atoms with E-state index in [1.165, 1.54) is 24.3 Å². The number of piperidine rings is 1. The summed E-state index contributed by atoms with van der Waals surface area (Å²) in [4.78, 5) is 46.1. The number of carbonyl (C=O) groups excluding carboxylic acids is 2. The van der Waals surface area contributed by atoms with Gasteiger partial charge in [0.05, 0.1) is 6.20 Å².